The standard InChI is InChI=1S/C30H35IN6O3/c1-3-19-16-22-17-20(4-6-25(22)34-29(19)38)28(36-12-8-23(9-13-36)33-11-15-40-2)21-5-7-26(24(31)18-21)37-14-10-27(32)35-30(37)39/h4-7,10,14,16-18,23,28,33H,3,8-9,11-13,15H2,1-2H3,(H,34,38)(H2,32,35,39). The van der Waals surface area contributed by atoms with Crippen LogP contribution in [0, 0.1) is 3.57 Å². The van der Waals surface area contributed by atoms with Crippen molar-refractivity contribution in [3.8, 4) is 5.69 Å². The molecule has 1 saturated heterocycles. The van der Waals surface area contributed by atoms with E-state index in [0.717, 1.165) is 63.8 Å². The number of nitrogens with two attached hydrogens (primary N) is 1. The number of ether oxygens (including phenoxy) is 1. The SMILES string of the molecule is CCc1cc2cc(C(c3ccc(-n4ccc(N)nc4=O)c(I)c3)N3CCC(NCCOC)CC3)ccc2[nH]c1=O. The number of H-pyrrole nitrogens is 1. The quantitative estimate of drug-likeness (QED) is 0.187. The second kappa shape index (κ2) is 12.6. The molecule has 4 aromatic rings. The molecule has 0 radical (unpaired) electrons. The number of likely N-dealkylation sites (tertiary alicyclic amines) is 1. The molecule has 4 N–H and O–H groups in total. The summed E-state index contributed by atoms with van der Waals surface area (Å²) in [5.74, 6) is 0.205. The maximum absolute atomic E-state index is 12.5. The first-order chi connectivity index (χ1) is 19.4. The van der Waals surface area contributed by atoms with Crippen molar-refractivity contribution < 1.29 is 4.74 Å². The Labute approximate surface area is 246 Å². The number of halogens is 1. The summed E-state index contributed by atoms with van der Waals surface area (Å²) in [5, 5.41) is 4.64. The number of piperidine rings is 1. The summed E-state index contributed by atoms with van der Waals surface area (Å²) in [7, 11) is 1.73. The van der Waals surface area contributed by atoms with Crippen molar-refractivity contribution in [2.75, 3.05) is 39.1 Å². The first kappa shape index (κ1) is 28.5. The lowest BCUT2D eigenvalue weighted by Crippen LogP contribution is -2.44. The molecule has 0 amide bonds. The van der Waals surface area contributed by atoms with Crippen molar-refractivity contribution in [2.24, 2.45) is 0 Å². The molecule has 1 atom stereocenters. The Hall–Kier alpha value is -3.06. The maximum Gasteiger partial charge on any atom is 0.354 e. The van der Waals surface area contributed by atoms with Crippen molar-refractivity contribution in [3.63, 3.8) is 0 Å². The highest BCUT2D eigenvalue weighted by atomic mass is 127. The maximum atomic E-state index is 12.5. The number of aromatic nitrogens is 3. The molecule has 40 heavy (non-hydrogen) atoms. The van der Waals surface area contributed by atoms with Crippen molar-refractivity contribution in [2.45, 2.75) is 38.3 Å². The first-order valence-electron chi connectivity index (χ1n) is 13.6. The predicted molar refractivity (Wildman–Crippen MR) is 167 cm³/mol. The number of hydrogen-bond acceptors (Lipinski definition) is 7. The summed E-state index contributed by atoms with van der Waals surface area (Å²) in [4.78, 5) is 34.4. The van der Waals surface area contributed by atoms with Gasteiger partial charge in [0.1, 0.15) is 5.82 Å². The normalized spacial score (nSPS) is 15.5. The van der Waals surface area contributed by atoms with Gasteiger partial charge in [0, 0.05) is 53.6 Å². The third-order valence-electron chi connectivity index (χ3n) is 7.65. The van der Waals surface area contributed by atoms with Gasteiger partial charge in [-0.15, -0.1) is 0 Å². The van der Waals surface area contributed by atoms with Crippen LogP contribution in [0.1, 0.15) is 42.5 Å². The molecule has 1 unspecified atom stereocenters. The molecule has 3 heterocycles. The molecular formula is C30H35IN6O3. The van der Waals surface area contributed by atoms with Crippen LogP contribution in [0.4, 0.5) is 5.82 Å². The number of nitrogen functional groups attached to an aromatic ring is 1. The molecule has 5 rings (SSSR count). The number of nitrogens with zero attached hydrogens (tertiary/aromatic N) is 3. The Kier molecular flexibility index (Phi) is 8.99. The molecule has 2 aromatic carbocycles. The summed E-state index contributed by atoms with van der Waals surface area (Å²) < 4.78 is 7.67. The molecule has 10 heteroatoms. The van der Waals surface area contributed by atoms with Crippen molar-refractivity contribution in [1.82, 2.24) is 24.8 Å². The van der Waals surface area contributed by atoms with Gasteiger partial charge >= 0.3 is 5.69 Å². The Morgan fingerprint density at radius 1 is 1.12 bits per heavy atom. The lowest BCUT2D eigenvalue weighted by atomic mass is 9.92. The van der Waals surface area contributed by atoms with E-state index in [1.54, 1.807) is 19.4 Å². The van der Waals surface area contributed by atoms with Gasteiger partial charge in [-0.2, -0.15) is 4.98 Å². The van der Waals surface area contributed by atoms with Gasteiger partial charge in [0.25, 0.3) is 5.56 Å². The van der Waals surface area contributed by atoms with Crippen LogP contribution >= 0.6 is 22.6 Å². The number of nitrogens with one attached hydrogen (secondary N) is 2. The van der Waals surface area contributed by atoms with Gasteiger partial charge in [-0.3, -0.25) is 14.3 Å². The minimum absolute atomic E-state index is 0.0187. The highest BCUT2D eigenvalue weighted by molar-refractivity contribution is 14.1. The highest BCUT2D eigenvalue weighted by Crippen LogP contribution is 2.34. The van der Waals surface area contributed by atoms with Crippen LogP contribution in [-0.2, 0) is 11.2 Å². The molecular weight excluding hydrogens is 619 g/mol. The average molecular weight is 655 g/mol. The molecule has 0 aliphatic carbocycles. The van der Waals surface area contributed by atoms with Crippen LogP contribution in [0.25, 0.3) is 16.6 Å². The van der Waals surface area contributed by atoms with Gasteiger partial charge < -0.3 is 20.8 Å². The van der Waals surface area contributed by atoms with Crippen molar-refractivity contribution in [3.05, 3.63) is 95.8 Å². The Bertz CT molecular complexity index is 1610. The second-order valence-corrected chi connectivity index (χ2v) is 11.4. The van der Waals surface area contributed by atoms with Gasteiger partial charge in [-0.1, -0.05) is 19.1 Å². The summed E-state index contributed by atoms with van der Waals surface area (Å²) >= 11 is 2.29. The van der Waals surface area contributed by atoms with Crippen molar-refractivity contribution in [1.29, 1.82) is 0 Å². The monoisotopic (exact) mass is 654 g/mol. The van der Waals surface area contributed by atoms with Crippen LogP contribution in [0.3, 0.4) is 0 Å². The molecule has 0 spiro atoms. The van der Waals surface area contributed by atoms with Gasteiger partial charge in [-0.25, -0.2) is 4.79 Å². The smallest absolute Gasteiger partial charge is 0.354 e. The third kappa shape index (κ3) is 6.14. The zero-order valence-corrected chi connectivity index (χ0v) is 25.0. The van der Waals surface area contributed by atoms with Crippen LogP contribution in [-0.4, -0.2) is 58.8 Å². The number of rotatable bonds is 9. The number of benzene rings is 2. The minimum atomic E-state index is -0.402. The third-order valence-corrected chi connectivity index (χ3v) is 8.51. The van der Waals surface area contributed by atoms with E-state index in [9.17, 15) is 9.59 Å². The fraction of sp³-hybridized carbons (Fsp3) is 0.367. The first-order valence-corrected chi connectivity index (χ1v) is 14.7. The highest BCUT2D eigenvalue weighted by Gasteiger charge is 2.28. The lowest BCUT2D eigenvalue weighted by molar-refractivity contribution is 0.152. The van der Waals surface area contributed by atoms with E-state index in [-0.39, 0.29) is 17.4 Å². The van der Waals surface area contributed by atoms with Gasteiger partial charge in [-0.05, 0) is 94.8 Å². The Morgan fingerprint density at radius 3 is 2.58 bits per heavy atom. The average Bonchev–Trinajstić information content (AvgIpc) is 2.94. The molecule has 9 nitrogen and oxygen atoms in total. The molecule has 1 fully saturated rings. The lowest BCUT2D eigenvalue weighted by Gasteiger charge is -2.38. The summed E-state index contributed by atoms with van der Waals surface area (Å²) in [6.07, 6.45) is 4.43. The van der Waals surface area contributed by atoms with E-state index in [0.29, 0.717) is 19.1 Å². The number of aryl methyl sites for hydroxylation is 1. The Morgan fingerprint density at radius 2 is 1.88 bits per heavy atom. The van der Waals surface area contributed by atoms with E-state index >= 15 is 0 Å². The largest absolute Gasteiger partial charge is 0.383 e. The summed E-state index contributed by atoms with van der Waals surface area (Å²) in [6.45, 7) is 5.45. The Balaban J connectivity index is 1.52. The molecule has 0 saturated carbocycles. The van der Waals surface area contributed by atoms with Crippen LogP contribution in [0.2, 0.25) is 0 Å². The van der Waals surface area contributed by atoms with Crippen LogP contribution in [0.5, 0.6) is 0 Å². The van der Waals surface area contributed by atoms with Crippen molar-refractivity contribution >= 4 is 39.3 Å². The minimum Gasteiger partial charge on any atom is -0.383 e. The molecule has 0 bridgehead atoms. The zero-order chi connectivity index (χ0) is 28.2. The van der Waals surface area contributed by atoms with Gasteiger partial charge in [0.05, 0.1) is 18.3 Å². The molecule has 2 aromatic heterocycles. The second-order valence-electron chi connectivity index (χ2n) is 10.2. The van der Waals surface area contributed by atoms with Crippen LogP contribution in [0.15, 0.2) is 64.3 Å². The molecule has 1 aliphatic rings. The molecule has 1 aliphatic heterocycles. The fourth-order valence-corrected chi connectivity index (χ4v) is 6.33. The topological polar surface area (TPSA) is 118 Å². The summed E-state index contributed by atoms with van der Waals surface area (Å²) in [6, 6.07) is 16.7. The number of pyridine rings is 1. The van der Waals surface area contributed by atoms with E-state index < -0.39 is 5.69 Å². The predicted octanol–water partition coefficient (Wildman–Crippen LogP) is 3.61. The number of methoxy groups -OCH3 is 1. The van der Waals surface area contributed by atoms with E-state index in [1.165, 1.54) is 10.1 Å². The van der Waals surface area contributed by atoms with Gasteiger partial charge in [0.2, 0.25) is 0 Å². The van der Waals surface area contributed by atoms with Crippen LogP contribution < -0.4 is 22.3 Å². The van der Waals surface area contributed by atoms with E-state index in [1.807, 2.05) is 25.1 Å². The zero-order valence-electron chi connectivity index (χ0n) is 22.8. The van der Waals surface area contributed by atoms with Gasteiger partial charge in [0.15, 0.2) is 0 Å². The number of hydrogen-bond donors (Lipinski definition) is 3. The molecule has 210 valence electrons. The number of fused-ring (bicyclic) bond motifs is 1. The summed E-state index contributed by atoms with van der Waals surface area (Å²) in [5.41, 5.74) is 9.98. The van der Waals surface area contributed by atoms with E-state index in [4.69, 9.17) is 10.5 Å². The number of anilines is 1. The van der Waals surface area contributed by atoms with E-state index in [2.05, 4.69) is 67.0 Å². The number of aromatic amines is 1. The fourth-order valence-electron chi connectivity index (χ4n) is 5.53.